The number of carbonyl (C=O) groups excluding carboxylic acids is 3. The lowest BCUT2D eigenvalue weighted by molar-refractivity contribution is -0.187. The van der Waals surface area contributed by atoms with Gasteiger partial charge < -0.3 is 39.2 Å². The minimum atomic E-state index is -1.28. The fourth-order valence-corrected chi connectivity index (χ4v) is 7.13. The number of benzene rings is 3. The van der Waals surface area contributed by atoms with E-state index in [1.165, 1.54) is 27.1 Å². The fraction of sp³-hybridized carbons (Fsp3) is 0.351. The summed E-state index contributed by atoms with van der Waals surface area (Å²) in [6, 6.07) is 14.4. The van der Waals surface area contributed by atoms with Crippen molar-refractivity contribution in [2.45, 2.75) is 70.0 Å². The highest BCUT2D eigenvalue weighted by Gasteiger charge is 2.50. The highest BCUT2D eigenvalue weighted by molar-refractivity contribution is 6.10. The maximum atomic E-state index is 12.8. The third-order valence-electron chi connectivity index (χ3n) is 9.16. The number of fused-ring (bicyclic) bond motifs is 6. The zero-order valence-corrected chi connectivity index (χ0v) is 28.6. The maximum absolute atomic E-state index is 12.8. The summed E-state index contributed by atoms with van der Waals surface area (Å²) >= 11 is 0. The molecule has 1 fully saturated rings. The first kappa shape index (κ1) is 34.8. The number of ether oxygens (including phenoxy) is 5. The molecule has 0 bridgehead atoms. The Morgan fingerprint density at radius 1 is 0.981 bits per heavy atom. The second kappa shape index (κ2) is 14.2. The highest BCUT2D eigenvalue weighted by Crippen LogP contribution is 2.48. The van der Waals surface area contributed by atoms with Gasteiger partial charge in [0.15, 0.2) is 29.5 Å². The van der Waals surface area contributed by atoms with Crippen LogP contribution in [0.15, 0.2) is 67.5 Å². The number of aliphatic hydroxyl groups is 2. The summed E-state index contributed by atoms with van der Waals surface area (Å²) in [5.41, 5.74) is 1.70. The molecule has 0 spiro atoms. The lowest BCUT2D eigenvalue weighted by Crippen LogP contribution is -2.50. The van der Waals surface area contributed by atoms with Crippen molar-refractivity contribution in [3.8, 4) is 5.88 Å². The average molecular weight is 712 g/mol. The molecule has 52 heavy (non-hydrogen) atoms. The SMILES string of the molecule is C=CCOc1nc(N[C@H]2c3c(ccc4ccc5ccccc5c34)[C@@H](OC(C)=O)[C@H](OC(C)=O)[C@H]2OC(C)=O)nc2c1ncn2[C@H]1C[C@H](O)[C@@H](CO)O1. The number of nitrogens with zero attached hydrogens (tertiary/aromatic N) is 4. The van der Waals surface area contributed by atoms with Crippen LogP contribution in [0, 0.1) is 0 Å². The van der Waals surface area contributed by atoms with Gasteiger partial charge in [0, 0.05) is 32.8 Å². The molecule has 2 aliphatic rings. The number of hydrogen-bond acceptors (Lipinski definition) is 14. The van der Waals surface area contributed by atoms with Gasteiger partial charge in [0.25, 0.3) is 0 Å². The minimum absolute atomic E-state index is 0.0171. The first-order chi connectivity index (χ1) is 25.1. The van der Waals surface area contributed by atoms with Crippen LogP contribution in [0.5, 0.6) is 5.88 Å². The molecule has 270 valence electrons. The van der Waals surface area contributed by atoms with Crippen molar-refractivity contribution in [2.24, 2.45) is 0 Å². The van der Waals surface area contributed by atoms with E-state index in [9.17, 15) is 24.6 Å². The Kier molecular flexibility index (Phi) is 9.48. The van der Waals surface area contributed by atoms with Crippen LogP contribution in [0.4, 0.5) is 5.95 Å². The van der Waals surface area contributed by atoms with E-state index in [-0.39, 0.29) is 37.1 Å². The normalized spacial score (nSPS) is 24.0. The van der Waals surface area contributed by atoms with Gasteiger partial charge in [-0.3, -0.25) is 19.0 Å². The van der Waals surface area contributed by atoms with Gasteiger partial charge in [-0.1, -0.05) is 61.2 Å². The van der Waals surface area contributed by atoms with E-state index >= 15 is 0 Å². The number of nitrogens with one attached hydrogen (secondary N) is 1. The van der Waals surface area contributed by atoms with E-state index in [1.807, 2.05) is 42.5 Å². The van der Waals surface area contributed by atoms with E-state index in [0.29, 0.717) is 16.6 Å². The predicted octanol–water partition coefficient (Wildman–Crippen LogP) is 3.97. The first-order valence-electron chi connectivity index (χ1n) is 16.7. The van der Waals surface area contributed by atoms with Gasteiger partial charge in [0.05, 0.1) is 25.1 Å². The van der Waals surface area contributed by atoms with Crippen molar-refractivity contribution in [1.29, 1.82) is 0 Å². The summed E-state index contributed by atoms with van der Waals surface area (Å²) in [7, 11) is 0. The Hall–Kier alpha value is -5.64. The number of rotatable bonds is 10. The molecule has 0 unspecified atom stereocenters. The molecular formula is C37H37N5O10. The zero-order valence-electron chi connectivity index (χ0n) is 28.6. The lowest BCUT2D eigenvalue weighted by atomic mass is 9.77. The smallest absolute Gasteiger partial charge is 0.303 e. The largest absolute Gasteiger partial charge is 0.472 e. The Morgan fingerprint density at radius 2 is 1.69 bits per heavy atom. The maximum Gasteiger partial charge on any atom is 0.303 e. The van der Waals surface area contributed by atoms with Crippen LogP contribution in [-0.2, 0) is 33.3 Å². The molecule has 15 nitrogen and oxygen atoms in total. The number of carbonyl (C=O) groups is 3. The Balaban J connectivity index is 1.47. The third-order valence-corrected chi connectivity index (χ3v) is 9.16. The lowest BCUT2D eigenvalue weighted by Gasteiger charge is -2.42. The van der Waals surface area contributed by atoms with Crippen molar-refractivity contribution < 1.29 is 48.3 Å². The summed E-state index contributed by atoms with van der Waals surface area (Å²) in [5.74, 6) is -1.88. The molecule has 0 saturated carbocycles. The average Bonchev–Trinajstić information content (AvgIpc) is 3.71. The highest BCUT2D eigenvalue weighted by atomic mass is 16.6. The zero-order chi connectivity index (χ0) is 36.7. The van der Waals surface area contributed by atoms with Gasteiger partial charge in [-0.05, 0) is 27.1 Å². The summed E-state index contributed by atoms with van der Waals surface area (Å²) in [4.78, 5) is 52.0. The number of anilines is 1. The summed E-state index contributed by atoms with van der Waals surface area (Å²) in [6.07, 6.45) is -2.93. The van der Waals surface area contributed by atoms with Gasteiger partial charge in [-0.2, -0.15) is 9.97 Å². The van der Waals surface area contributed by atoms with E-state index in [0.717, 1.165) is 21.5 Å². The van der Waals surface area contributed by atoms with Crippen LogP contribution >= 0.6 is 0 Å². The molecule has 1 aliphatic heterocycles. The van der Waals surface area contributed by atoms with Crippen molar-refractivity contribution in [2.75, 3.05) is 18.5 Å². The monoisotopic (exact) mass is 711 g/mol. The molecule has 0 amide bonds. The van der Waals surface area contributed by atoms with Crippen LogP contribution in [0.2, 0.25) is 0 Å². The molecule has 3 heterocycles. The van der Waals surface area contributed by atoms with E-state index in [4.69, 9.17) is 28.7 Å². The van der Waals surface area contributed by atoms with Crippen molar-refractivity contribution in [1.82, 2.24) is 19.5 Å². The van der Waals surface area contributed by atoms with E-state index < -0.39 is 60.7 Å². The van der Waals surface area contributed by atoms with Gasteiger partial charge >= 0.3 is 17.9 Å². The van der Waals surface area contributed by atoms with Crippen molar-refractivity contribution >= 4 is 56.6 Å². The number of aromatic nitrogens is 4. The number of aliphatic hydroxyl groups excluding tert-OH is 2. The van der Waals surface area contributed by atoms with Crippen molar-refractivity contribution in [3.63, 3.8) is 0 Å². The quantitative estimate of drug-likeness (QED) is 0.0815. The molecule has 1 aliphatic carbocycles. The second-order valence-corrected chi connectivity index (χ2v) is 12.6. The molecule has 0 radical (unpaired) electrons. The summed E-state index contributed by atoms with van der Waals surface area (Å²) in [5, 5.41) is 27.0. The van der Waals surface area contributed by atoms with Crippen LogP contribution in [-0.4, -0.2) is 85.3 Å². The number of esters is 3. The summed E-state index contributed by atoms with van der Waals surface area (Å²) < 4.78 is 31.1. The Morgan fingerprint density at radius 3 is 2.40 bits per heavy atom. The molecule has 7 atom stereocenters. The molecule has 5 aromatic rings. The molecule has 3 N–H and O–H groups in total. The van der Waals surface area contributed by atoms with E-state index in [2.05, 4.69) is 21.9 Å². The first-order valence-corrected chi connectivity index (χ1v) is 16.7. The van der Waals surface area contributed by atoms with Crippen LogP contribution in [0.3, 0.4) is 0 Å². The van der Waals surface area contributed by atoms with Gasteiger partial charge in [0.2, 0.25) is 11.8 Å². The molecular weight excluding hydrogens is 674 g/mol. The van der Waals surface area contributed by atoms with Crippen LogP contribution < -0.4 is 10.1 Å². The topological polar surface area (TPSA) is 193 Å². The van der Waals surface area contributed by atoms with E-state index in [1.54, 1.807) is 16.7 Å². The second-order valence-electron chi connectivity index (χ2n) is 12.6. The summed E-state index contributed by atoms with van der Waals surface area (Å²) in [6.45, 7) is 7.14. The Labute approximate surface area is 297 Å². The Bertz CT molecular complexity index is 2200. The molecule has 3 aromatic carbocycles. The molecule has 1 saturated heterocycles. The van der Waals surface area contributed by atoms with Gasteiger partial charge in [0.1, 0.15) is 18.9 Å². The third kappa shape index (κ3) is 6.38. The standard InChI is InChI=1S/C37H37N5O10/c1-5-14-48-36-31-35(42(17-38-31)27-15-25(47)26(16-43)52-27)40-37(41-36)39-30-29-24(13-12-22-11-10-21-8-6-7-9-23(21)28(22)29)32(49-18(2)44)34(51-20(4)46)33(30)50-19(3)45/h5-13,17,25-27,30,32-34,43,47H,1,14-16H2,2-4H3,(H,39,40,41)/t25-,26+,27+,30-,32+,33-,34-/m0/s1. The van der Waals surface area contributed by atoms with Crippen LogP contribution in [0.25, 0.3) is 32.7 Å². The minimum Gasteiger partial charge on any atom is -0.472 e. The predicted molar refractivity (Wildman–Crippen MR) is 186 cm³/mol. The van der Waals surface area contributed by atoms with Crippen LogP contribution in [0.1, 0.15) is 56.7 Å². The number of hydrogen-bond donors (Lipinski definition) is 3. The molecule has 7 rings (SSSR count). The number of imidazole rings is 1. The molecule has 2 aromatic heterocycles. The van der Waals surface area contributed by atoms with Gasteiger partial charge in [-0.25, -0.2) is 4.98 Å². The van der Waals surface area contributed by atoms with Gasteiger partial charge in [-0.15, -0.1) is 0 Å². The fourth-order valence-electron chi connectivity index (χ4n) is 7.13. The molecule has 15 heteroatoms. The van der Waals surface area contributed by atoms with Crippen molar-refractivity contribution in [3.05, 3.63) is 78.6 Å².